The lowest BCUT2D eigenvalue weighted by Crippen LogP contribution is -2.34. The van der Waals surface area contributed by atoms with E-state index in [1.807, 2.05) is 13.8 Å². The number of carboxylic acid groups (broad SMARTS) is 1. The van der Waals surface area contributed by atoms with E-state index in [1.54, 1.807) is 0 Å². The Morgan fingerprint density at radius 1 is 1.35 bits per heavy atom. The molecular weight excluding hydrogens is 440 g/mol. The zero-order valence-electron chi connectivity index (χ0n) is 16.9. The molecule has 2 aliphatic rings. The van der Waals surface area contributed by atoms with Gasteiger partial charge < -0.3 is 10.4 Å². The summed E-state index contributed by atoms with van der Waals surface area (Å²) in [5.41, 5.74) is 0.498. The van der Waals surface area contributed by atoms with E-state index in [4.69, 9.17) is 11.6 Å². The molecule has 0 saturated heterocycles. The molecule has 0 saturated carbocycles. The van der Waals surface area contributed by atoms with Crippen LogP contribution in [-0.2, 0) is 23.2 Å². The van der Waals surface area contributed by atoms with Crippen LogP contribution >= 0.6 is 22.9 Å². The van der Waals surface area contributed by atoms with Crippen LogP contribution in [0.4, 0.5) is 11.5 Å². The number of ketones is 1. The number of fused-ring (bicyclic) bond motifs is 4. The van der Waals surface area contributed by atoms with Crippen LogP contribution in [-0.4, -0.2) is 31.4 Å². The number of carbonyl (C=O) groups excluding carboxylic acids is 1. The van der Waals surface area contributed by atoms with Crippen molar-refractivity contribution in [3.05, 3.63) is 43.9 Å². The van der Waals surface area contributed by atoms with Crippen LogP contribution in [0.15, 0.2) is 17.2 Å². The van der Waals surface area contributed by atoms with Crippen LogP contribution in [0.5, 0.6) is 0 Å². The summed E-state index contributed by atoms with van der Waals surface area (Å²) in [6, 6.07) is 1.47. The van der Waals surface area contributed by atoms with Crippen molar-refractivity contribution in [2.45, 2.75) is 45.1 Å². The molecule has 1 atom stereocenters. The third-order valence-corrected chi connectivity index (χ3v) is 7.52. The highest BCUT2D eigenvalue weighted by atomic mass is 35.5. The highest BCUT2D eigenvalue weighted by Crippen LogP contribution is 2.41. The summed E-state index contributed by atoms with van der Waals surface area (Å²) in [5, 5.41) is 13.5. The number of nitrogens with zero attached hydrogens (tertiary/aromatic N) is 3. The predicted molar refractivity (Wildman–Crippen MR) is 118 cm³/mol. The standard InChI is InChI=1S/C21H19ClN4O4S/c1-21(2)7-13(27)16-11(22)6-12(19(28)26(16)21)25-17-15-10-4-3-9(20(29)30)5-14(10)31-18(15)24-8-23-17/h6,8-9H,3-5,7H2,1-2H3,(H,29,30)(H,23,24,25)/t9-/m0/s1. The van der Waals surface area contributed by atoms with E-state index in [-0.39, 0.29) is 34.2 Å². The number of hydrogen-bond acceptors (Lipinski definition) is 7. The van der Waals surface area contributed by atoms with Crippen molar-refractivity contribution in [2.24, 2.45) is 5.92 Å². The second kappa shape index (κ2) is 6.86. The van der Waals surface area contributed by atoms with Gasteiger partial charge in [0.05, 0.1) is 21.9 Å². The van der Waals surface area contributed by atoms with Gasteiger partial charge in [-0.1, -0.05) is 11.6 Å². The molecule has 1 aliphatic carbocycles. The lowest BCUT2D eigenvalue weighted by molar-refractivity contribution is -0.142. The fraction of sp³-hybridized carbons (Fsp3) is 0.381. The van der Waals surface area contributed by atoms with E-state index in [0.717, 1.165) is 20.7 Å². The van der Waals surface area contributed by atoms with Gasteiger partial charge in [0.15, 0.2) is 5.78 Å². The number of aromatic nitrogens is 3. The molecule has 8 nitrogen and oxygen atoms in total. The van der Waals surface area contributed by atoms with E-state index in [0.29, 0.717) is 25.1 Å². The van der Waals surface area contributed by atoms with Gasteiger partial charge in [0.2, 0.25) is 0 Å². The molecule has 0 bridgehead atoms. The fourth-order valence-corrected chi connectivity index (χ4v) is 6.18. The Kier molecular flexibility index (Phi) is 4.46. The summed E-state index contributed by atoms with van der Waals surface area (Å²) in [4.78, 5) is 47.5. The Bertz CT molecular complexity index is 1340. The quantitative estimate of drug-likeness (QED) is 0.614. The van der Waals surface area contributed by atoms with Crippen LogP contribution in [0.25, 0.3) is 10.2 Å². The van der Waals surface area contributed by atoms with Gasteiger partial charge in [0.25, 0.3) is 5.56 Å². The molecule has 1 aliphatic heterocycles. The van der Waals surface area contributed by atoms with E-state index < -0.39 is 17.4 Å². The smallest absolute Gasteiger partial charge is 0.306 e. The number of rotatable bonds is 3. The van der Waals surface area contributed by atoms with E-state index in [1.165, 1.54) is 28.3 Å². The van der Waals surface area contributed by atoms with E-state index in [2.05, 4.69) is 15.3 Å². The van der Waals surface area contributed by atoms with Gasteiger partial charge >= 0.3 is 5.97 Å². The SMILES string of the molecule is CC1(C)CC(=O)c2c(Cl)cc(Nc3ncnc4sc5c(c34)CC[C@H](C(=O)O)C5)c(=O)n21. The monoisotopic (exact) mass is 458 g/mol. The zero-order chi connectivity index (χ0) is 22.1. The molecule has 0 amide bonds. The second-order valence-corrected chi connectivity index (χ2v) is 10.1. The summed E-state index contributed by atoms with van der Waals surface area (Å²) < 4.78 is 1.46. The highest BCUT2D eigenvalue weighted by molar-refractivity contribution is 7.19. The maximum Gasteiger partial charge on any atom is 0.306 e. The topological polar surface area (TPSA) is 114 Å². The largest absolute Gasteiger partial charge is 0.481 e. The third kappa shape index (κ3) is 3.06. The number of aryl methyl sites for hydroxylation is 1. The van der Waals surface area contributed by atoms with Gasteiger partial charge in [-0.05, 0) is 44.7 Å². The number of carbonyl (C=O) groups is 2. The molecule has 0 unspecified atom stereocenters. The Balaban J connectivity index is 1.62. The number of hydrogen-bond donors (Lipinski definition) is 2. The highest BCUT2D eigenvalue weighted by Gasteiger charge is 2.39. The van der Waals surface area contributed by atoms with Crippen molar-refractivity contribution < 1.29 is 14.7 Å². The Morgan fingerprint density at radius 2 is 2.13 bits per heavy atom. The summed E-state index contributed by atoms with van der Waals surface area (Å²) >= 11 is 7.85. The number of Topliss-reactive ketones (excluding diaryl/α,β-unsaturated/α-hetero) is 1. The molecule has 31 heavy (non-hydrogen) atoms. The van der Waals surface area contributed by atoms with Crippen molar-refractivity contribution in [3.63, 3.8) is 0 Å². The molecule has 0 radical (unpaired) electrons. The number of pyridine rings is 1. The van der Waals surface area contributed by atoms with Crippen LogP contribution in [0.2, 0.25) is 5.02 Å². The van der Waals surface area contributed by atoms with Gasteiger partial charge in [-0.25, -0.2) is 9.97 Å². The molecule has 0 aromatic carbocycles. The average molecular weight is 459 g/mol. The maximum atomic E-state index is 13.2. The van der Waals surface area contributed by atoms with Crippen molar-refractivity contribution in [3.8, 4) is 0 Å². The molecule has 4 heterocycles. The van der Waals surface area contributed by atoms with Crippen molar-refractivity contribution >= 4 is 56.4 Å². The first-order valence-corrected chi connectivity index (χ1v) is 11.1. The minimum absolute atomic E-state index is 0.150. The van der Waals surface area contributed by atoms with Gasteiger partial charge in [-0.15, -0.1) is 11.3 Å². The summed E-state index contributed by atoms with van der Waals surface area (Å²) in [7, 11) is 0. The molecule has 2 N–H and O–H groups in total. The first-order chi connectivity index (χ1) is 14.7. The normalized spacial score (nSPS) is 19.3. The second-order valence-electron chi connectivity index (χ2n) is 8.62. The summed E-state index contributed by atoms with van der Waals surface area (Å²) in [5.74, 6) is -0.856. The number of aliphatic carboxylic acids is 1. The molecule has 3 aromatic heterocycles. The Morgan fingerprint density at radius 3 is 2.87 bits per heavy atom. The molecule has 160 valence electrons. The molecule has 5 rings (SSSR count). The van der Waals surface area contributed by atoms with E-state index >= 15 is 0 Å². The van der Waals surface area contributed by atoms with Crippen molar-refractivity contribution in [1.29, 1.82) is 0 Å². The average Bonchev–Trinajstić information content (AvgIpc) is 3.19. The van der Waals surface area contributed by atoms with Crippen LogP contribution in [0.1, 0.15) is 47.6 Å². The Labute approximate surface area is 185 Å². The zero-order valence-corrected chi connectivity index (χ0v) is 18.4. The minimum Gasteiger partial charge on any atom is -0.481 e. The molecule has 0 fully saturated rings. The van der Waals surface area contributed by atoms with Crippen LogP contribution in [0.3, 0.4) is 0 Å². The Hall–Kier alpha value is -2.78. The number of carboxylic acids is 1. The third-order valence-electron chi connectivity index (χ3n) is 6.06. The molecular formula is C21H19ClN4O4S. The number of thiophene rings is 1. The number of nitrogens with one attached hydrogen (secondary N) is 1. The van der Waals surface area contributed by atoms with Crippen molar-refractivity contribution in [2.75, 3.05) is 5.32 Å². The molecule has 0 spiro atoms. The van der Waals surface area contributed by atoms with E-state index in [9.17, 15) is 19.5 Å². The van der Waals surface area contributed by atoms with Crippen LogP contribution in [0, 0.1) is 5.92 Å². The van der Waals surface area contributed by atoms with Crippen LogP contribution < -0.4 is 10.9 Å². The van der Waals surface area contributed by atoms with Gasteiger partial charge in [-0.3, -0.25) is 19.0 Å². The number of anilines is 2. The summed E-state index contributed by atoms with van der Waals surface area (Å²) in [6.45, 7) is 3.67. The summed E-state index contributed by atoms with van der Waals surface area (Å²) in [6.07, 6.45) is 3.26. The van der Waals surface area contributed by atoms with Gasteiger partial charge in [0.1, 0.15) is 28.4 Å². The lowest BCUT2D eigenvalue weighted by Gasteiger charge is -2.22. The minimum atomic E-state index is -0.787. The first kappa shape index (κ1) is 20.1. The maximum absolute atomic E-state index is 13.2. The molecule has 3 aromatic rings. The fourth-order valence-electron chi connectivity index (χ4n) is 4.61. The van der Waals surface area contributed by atoms with Crippen molar-refractivity contribution in [1.82, 2.24) is 14.5 Å². The van der Waals surface area contributed by atoms with Gasteiger partial charge in [-0.2, -0.15) is 0 Å². The first-order valence-electron chi connectivity index (χ1n) is 9.91. The number of halogens is 1. The van der Waals surface area contributed by atoms with Gasteiger partial charge in [0, 0.05) is 11.3 Å². The molecule has 10 heteroatoms. The lowest BCUT2D eigenvalue weighted by atomic mass is 9.88. The predicted octanol–water partition coefficient (Wildman–Crippen LogP) is 3.76.